The zero-order valence-corrected chi connectivity index (χ0v) is 27.2. The maximum absolute atomic E-state index is 14.4. The minimum absolute atomic E-state index is 0.183. The van der Waals surface area contributed by atoms with Crippen molar-refractivity contribution in [2.75, 3.05) is 10.2 Å². The van der Waals surface area contributed by atoms with Gasteiger partial charge < -0.3 is 16.0 Å². The van der Waals surface area contributed by atoms with E-state index in [0.29, 0.717) is 33.3 Å². The summed E-state index contributed by atoms with van der Waals surface area (Å²) in [7, 11) is 0. The summed E-state index contributed by atoms with van der Waals surface area (Å²) in [5, 5.41) is 10.0. The van der Waals surface area contributed by atoms with Crippen molar-refractivity contribution in [1.29, 1.82) is 0 Å². The van der Waals surface area contributed by atoms with E-state index in [9.17, 15) is 14.4 Å². The Morgan fingerprint density at radius 3 is 2.11 bits per heavy atom. The fraction of sp³-hybridized carbons (Fsp3) is 0.270. The van der Waals surface area contributed by atoms with Crippen LogP contribution in [0.5, 0.6) is 0 Å². The van der Waals surface area contributed by atoms with Gasteiger partial charge in [0.15, 0.2) is 0 Å². The van der Waals surface area contributed by atoms with Gasteiger partial charge in [-0.05, 0) is 92.8 Å². The monoisotopic (exact) mass is 622 g/mol. The number of para-hydroxylation sites is 1. The van der Waals surface area contributed by atoms with Gasteiger partial charge in [-0.2, -0.15) is 0 Å². The first-order chi connectivity index (χ1) is 21.3. The quantitative estimate of drug-likeness (QED) is 0.196. The summed E-state index contributed by atoms with van der Waals surface area (Å²) in [6.07, 6.45) is 0. The lowest BCUT2D eigenvalue weighted by molar-refractivity contribution is -0.123. The number of nitrogens with one attached hydrogen (secondary N) is 3. The number of hydrogen-bond acceptors (Lipinski definition) is 4. The zero-order chi connectivity index (χ0) is 32.5. The van der Waals surface area contributed by atoms with Crippen LogP contribution in [0.1, 0.15) is 90.9 Å². The summed E-state index contributed by atoms with van der Waals surface area (Å²) < 4.78 is 0. The van der Waals surface area contributed by atoms with Gasteiger partial charge >= 0.3 is 0 Å². The fourth-order valence-corrected chi connectivity index (χ4v) is 5.74. The number of nitrogens with zero attached hydrogens (tertiary/aromatic N) is 1. The molecule has 3 amide bonds. The first-order valence-electron chi connectivity index (χ1n) is 15.1. The lowest BCUT2D eigenvalue weighted by Gasteiger charge is -2.38. The topological polar surface area (TPSA) is 90.5 Å². The smallest absolute Gasteiger partial charge is 0.259 e. The van der Waals surface area contributed by atoms with Crippen LogP contribution in [-0.4, -0.2) is 23.3 Å². The van der Waals surface area contributed by atoms with E-state index >= 15 is 0 Å². The van der Waals surface area contributed by atoms with Crippen LogP contribution < -0.4 is 20.9 Å². The normalized spacial score (nSPS) is 16.7. The van der Waals surface area contributed by atoms with Crippen molar-refractivity contribution in [3.8, 4) is 0 Å². The second-order valence-corrected chi connectivity index (χ2v) is 13.4. The number of carbonyl (C=O) groups excluding carboxylic acids is 3. The number of halogens is 1. The molecule has 1 aliphatic heterocycles. The number of rotatable bonds is 7. The predicted molar refractivity (Wildman–Crippen MR) is 181 cm³/mol. The number of benzene rings is 4. The van der Waals surface area contributed by atoms with Gasteiger partial charge in [0.1, 0.15) is 11.7 Å². The minimum Gasteiger partial charge on any atom is -0.359 e. The first-order valence-corrected chi connectivity index (χ1v) is 15.4. The first kappa shape index (κ1) is 31.8. The van der Waals surface area contributed by atoms with Crippen molar-refractivity contribution >= 4 is 40.7 Å². The third-order valence-electron chi connectivity index (χ3n) is 7.86. The molecule has 0 saturated carbocycles. The molecule has 2 unspecified atom stereocenters. The largest absolute Gasteiger partial charge is 0.359 e. The molecule has 4 aromatic rings. The molecule has 0 fully saturated rings. The van der Waals surface area contributed by atoms with Crippen molar-refractivity contribution in [1.82, 2.24) is 10.6 Å². The highest BCUT2D eigenvalue weighted by Gasteiger charge is 2.37. The molecule has 0 radical (unpaired) electrons. The van der Waals surface area contributed by atoms with E-state index < -0.39 is 17.2 Å². The van der Waals surface area contributed by atoms with Crippen LogP contribution in [0, 0.1) is 0 Å². The van der Waals surface area contributed by atoms with Gasteiger partial charge in [0.05, 0.1) is 5.56 Å². The number of fused-ring (bicyclic) bond motifs is 1. The van der Waals surface area contributed by atoms with E-state index in [1.165, 1.54) is 4.90 Å². The van der Waals surface area contributed by atoms with Crippen molar-refractivity contribution in [2.45, 2.75) is 64.7 Å². The number of carbonyl (C=O) groups is 3. The van der Waals surface area contributed by atoms with Crippen molar-refractivity contribution in [3.05, 3.63) is 130 Å². The highest BCUT2D eigenvalue weighted by molar-refractivity contribution is 6.31. The second-order valence-electron chi connectivity index (χ2n) is 12.9. The molecule has 0 bridgehead atoms. The summed E-state index contributed by atoms with van der Waals surface area (Å²) >= 11 is 6.31. The molecule has 7 nitrogen and oxygen atoms in total. The second kappa shape index (κ2) is 12.4. The van der Waals surface area contributed by atoms with Gasteiger partial charge in [0.25, 0.3) is 11.8 Å². The van der Waals surface area contributed by atoms with Crippen molar-refractivity contribution < 1.29 is 14.4 Å². The zero-order valence-electron chi connectivity index (χ0n) is 26.4. The molecule has 1 heterocycles. The van der Waals surface area contributed by atoms with E-state index in [1.54, 1.807) is 42.5 Å². The van der Waals surface area contributed by atoms with Gasteiger partial charge in [-0.25, -0.2) is 0 Å². The summed E-state index contributed by atoms with van der Waals surface area (Å²) in [5.74, 6) is -0.571. The van der Waals surface area contributed by atoms with E-state index in [-0.39, 0.29) is 17.7 Å². The van der Waals surface area contributed by atoms with Crippen LogP contribution in [0.25, 0.3) is 0 Å². The third-order valence-corrected chi connectivity index (χ3v) is 8.09. The van der Waals surface area contributed by atoms with Crippen molar-refractivity contribution in [3.63, 3.8) is 0 Å². The average molecular weight is 623 g/mol. The molecule has 45 heavy (non-hydrogen) atoms. The number of anilines is 2. The van der Waals surface area contributed by atoms with Gasteiger partial charge in [-0.1, -0.05) is 80.0 Å². The summed E-state index contributed by atoms with van der Waals surface area (Å²) in [5.41, 5.74) is 3.30. The summed E-state index contributed by atoms with van der Waals surface area (Å²) in [4.78, 5) is 43.0. The Hall–Kier alpha value is -4.62. The molecule has 0 aliphatic carbocycles. The Bertz CT molecular complexity index is 1730. The molecule has 1 aliphatic rings. The Labute approximate surface area is 270 Å². The van der Waals surface area contributed by atoms with Gasteiger partial charge in [-0.15, -0.1) is 0 Å². The predicted octanol–water partition coefficient (Wildman–Crippen LogP) is 7.79. The van der Waals surface area contributed by atoms with Gasteiger partial charge in [0, 0.05) is 27.5 Å². The Morgan fingerprint density at radius 1 is 0.844 bits per heavy atom. The fourth-order valence-electron chi connectivity index (χ4n) is 5.55. The van der Waals surface area contributed by atoms with Crippen LogP contribution in [0.3, 0.4) is 0 Å². The summed E-state index contributed by atoms with van der Waals surface area (Å²) in [6, 6.07) is 28.2. The van der Waals surface area contributed by atoms with Gasteiger partial charge in [-0.3, -0.25) is 19.3 Å². The number of amides is 3. The van der Waals surface area contributed by atoms with Crippen molar-refractivity contribution in [2.24, 2.45) is 0 Å². The molecular formula is C37H39ClN4O3. The SMILES string of the molecule is CC(C)c1ccc(C(C(=O)NC(C)(C)C)N(C(=O)c2cccc(Cl)c2)c2ccc(C3(C)NC(=O)c4ccccc4N3)cc2)cc1. The van der Waals surface area contributed by atoms with Crippen LogP contribution in [0.15, 0.2) is 97.1 Å². The molecular weight excluding hydrogens is 584 g/mol. The molecule has 8 heteroatoms. The van der Waals surface area contributed by atoms with Crippen LogP contribution in [0.4, 0.5) is 11.4 Å². The van der Waals surface area contributed by atoms with E-state index in [0.717, 1.165) is 16.8 Å². The maximum Gasteiger partial charge on any atom is 0.259 e. The van der Waals surface area contributed by atoms with Crippen LogP contribution >= 0.6 is 11.6 Å². The minimum atomic E-state index is -0.988. The third kappa shape index (κ3) is 6.89. The Kier molecular flexibility index (Phi) is 8.77. The lowest BCUT2D eigenvalue weighted by atomic mass is 9.94. The summed E-state index contributed by atoms with van der Waals surface area (Å²) in [6.45, 7) is 11.8. The molecule has 232 valence electrons. The molecule has 3 N–H and O–H groups in total. The standard InChI is InChI=1S/C37H39ClN4O3/c1-23(2)24-14-16-25(17-15-24)32(34(44)40-36(3,4)5)42(35(45)26-10-9-11-28(38)22-26)29-20-18-27(19-21-29)37(6)39-31-13-8-7-12-30(31)33(43)41-37/h7-23,32,39H,1-6H3,(H,40,44)(H,41,43). The van der Waals surface area contributed by atoms with Crippen LogP contribution in [-0.2, 0) is 10.5 Å². The maximum atomic E-state index is 14.4. The molecule has 5 rings (SSSR count). The van der Waals surface area contributed by atoms with E-state index in [4.69, 9.17) is 11.6 Å². The number of hydrogen-bond donors (Lipinski definition) is 3. The van der Waals surface area contributed by atoms with Crippen LogP contribution in [0.2, 0.25) is 5.02 Å². The molecule has 2 atom stereocenters. The Morgan fingerprint density at radius 2 is 1.49 bits per heavy atom. The molecule has 0 saturated heterocycles. The lowest BCUT2D eigenvalue weighted by Crippen LogP contribution is -2.53. The molecule has 4 aromatic carbocycles. The molecule has 0 spiro atoms. The molecule has 0 aromatic heterocycles. The average Bonchev–Trinajstić information content (AvgIpc) is 2.98. The highest BCUT2D eigenvalue weighted by atomic mass is 35.5. The van der Waals surface area contributed by atoms with E-state index in [2.05, 4.69) is 29.8 Å². The highest BCUT2D eigenvalue weighted by Crippen LogP contribution is 2.35. The Balaban J connectivity index is 1.61. The van der Waals surface area contributed by atoms with Gasteiger partial charge in [0.2, 0.25) is 5.91 Å². The van der Waals surface area contributed by atoms with E-state index in [1.807, 2.05) is 82.3 Å².